The Morgan fingerprint density at radius 2 is 1.67 bits per heavy atom. The van der Waals surface area contributed by atoms with E-state index in [0.717, 1.165) is 38.9 Å². The van der Waals surface area contributed by atoms with Crippen molar-refractivity contribution in [2.75, 3.05) is 19.6 Å². The second-order valence-corrected chi connectivity index (χ2v) is 6.71. The van der Waals surface area contributed by atoms with Gasteiger partial charge in [0, 0.05) is 6.04 Å². The molecule has 0 spiro atoms. The van der Waals surface area contributed by atoms with Crippen LogP contribution in [0.25, 0.3) is 0 Å². The molecule has 2 N–H and O–H groups in total. The molecule has 1 fully saturated rings. The predicted octanol–water partition coefficient (Wildman–Crippen LogP) is 3.26. The zero-order valence-corrected chi connectivity index (χ0v) is 14.2. The van der Waals surface area contributed by atoms with Gasteiger partial charge in [0.1, 0.15) is 5.54 Å². The van der Waals surface area contributed by atoms with Crippen LogP contribution in [0.15, 0.2) is 0 Å². The maximum Gasteiger partial charge on any atom is 0.323 e. The summed E-state index contributed by atoms with van der Waals surface area (Å²) in [6.45, 7) is 9.61. The van der Waals surface area contributed by atoms with Crippen molar-refractivity contribution in [3.8, 4) is 0 Å². The standard InChI is InChI=1S/C17H34N2O2/c1-4-6-12-19(13-7-5-2)14-8-11-17(3,16(20)21)18-15-9-10-15/h15,18H,4-14H2,1-3H3,(H,20,21). The highest BCUT2D eigenvalue weighted by atomic mass is 16.4. The van der Waals surface area contributed by atoms with Crippen molar-refractivity contribution in [3.05, 3.63) is 0 Å². The first-order valence-electron chi connectivity index (χ1n) is 8.75. The van der Waals surface area contributed by atoms with E-state index in [0.29, 0.717) is 12.5 Å². The van der Waals surface area contributed by atoms with Crippen molar-refractivity contribution < 1.29 is 9.90 Å². The first-order valence-corrected chi connectivity index (χ1v) is 8.75. The summed E-state index contributed by atoms with van der Waals surface area (Å²) in [4.78, 5) is 14.0. The molecule has 0 aliphatic heterocycles. The summed E-state index contributed by atoms with van der Waals surface area (Å²) in [5.74, 6) is -0.705. The quantitative estimate of drug-likeness (QED) is 0.548. The summed E-state index contributed by atoms with van der Waals surface area (Å²) in [5, 5.41) is 12.8. The van der Waals surface area contributed by atoms with Crippen LogP contribution in [0.5, 0.6) is 0 Å². The molecule has 0 heterocycles. The van der Waals surface area contributed by atoms with Crippen molar-refractivity contribution in [1.29, 1.82) is 0 Å². The molecule has 4 nitrogen and oxygen atoms in total. The van der Waals surface area contributed by atoms with E-state index in [1.54, 1.807) is 0 Å². The molecule has 4 heteroatoms. The summed E-state index contributed by atoms with van der Waals surface area (Å²) in [6.07, 6.45) is 8.84. The zero-order chi connectivity index (χ0) is 15.7. The van der Waals surface area contributed by atoms with Gasteiger partial charge in [0.25, 0.3) is 0 Å². The largest absolute Gasteiger partial charge is 0.480 e. The molecule has 1 aliphatic carbocycles. The molecule has 124 valence electrons. The maximum atomic E-state index is 11.5. The Balaban J connectivity index is 2.35. The van der Waals surface area contributed by atoms with E-state index in [-0.39, 0.29) is 0 Å². The average Bonchev–Trinajstić information content (AvgIpc) is 3.24. The van der Waals surface area contributed by atoms with Crippen LogP contribution < -0.4 is 5.32 Å². The molecule has 21 heavy (non-hydrogen) atoms. The summed E-state index contributed by atoms with van der Waals surface area (Å²) in [7, 11) is 0. The number of unbranched alkanes of at least 4 members (excludes halogenated alkanes) is 2. The minimum Gasteiger partial charge on any atom is -0.480 e. The van der Waals surface area contributed by atoms with Crippen LogP contribution in [0.2, 0.25) is 0 Å². The highest BCUT2D eigenvalue weighted by molar-refractivity contribution is 5.78. The average molecular weight is 298 g/mol. The molecule has 1 atom stereocenters. The molecule has 1 unspecified atom stereocenters. The lowest BCUT2D eigenvalue weighted by Gasteiger charge is -2.28. The van der Waals surface area contributed by atoms with Crippen molar-refractivity contribution in [2.24, 2.45) is 0 Å². The highest BCUT2D eigenvalue weighted by Crippen LogP contribution is 2.25. The SMILES string of the molecule is CCCCN(CCCC)CCCC(C)(NC1CC1)C(=O)O. The first kappa shape index (κ1) is 18.4. The van der Waals surface area contributed by atoms with E-state index in [1.165, 1.54) is 25.7 Å². The van der Waals surface area contributed by atoms with Crippen LogP contribution >= 0.6 is 0 Å². The normalized spacial score (nSPS) is 17.9. The van der Waals surface area contributed by atoms with Crippen LogP contribution in [0, 0.1) is 0 Å². The van der Waals surface area contributed by atoms with E-state index in [1.807, 2.05) is 6.92 Å². The van der Waals surface area contributed by atoms with Crippen LogP contribution in [-0.2, 0) is 4.79 Å². The molecule has 0 bridgehead atoms. The number of hydrogen-bond donors (Lipinski definition) is 2. The molecule has 0 aromatic carbocycles. The molecule has 0 aromatic heterocycles. The fraction of sp³-hybridized carbons (Fsp3) is 0.941. The number of nitrogens with zero attached hydrogens (tertiary/aromatic N) is 1. The van der Waals surface area contributed by atoms with E-state index < -0.39 is 11.5 Å². The van der Waals surface area contributed by atoms with Gasteiger partial charge in [0.05, 0.1) is 0 Å². The topological polar surface area (TPSA) is 52.6 Å². The molecular weight excluding hydrogens is 264 g/mol. The fourth-order valence-electron chi connectivity index (χ4n) is 2.67. The lowest BCUT2D eigenvalue weighted by atomic mass is 9.95. The highest BCUT2D eigenvalue weighted by Gasteiger charge is 2.37. The lowest BCUT2D eigenvalue weighted by molar-refractivity contribution is -0.144. The number of nitrogens with one attached hydrogen (secondary N) is 1. The minimum atomic E-state index is -0.748. The Morgan fingerprint density at radius 3 is 2.10 bits per heavy atom. The molecule has 0 aromatic rings. The monoisotopic (exact) mass is 298 g/mol. The Hall–Kier alpha value is -0.610. The van der Waals surface area contributed by atoms with Gasteiger partial charge >= 0.3 is 5.97 Å². The van der Waals surface area contributed by atoms with Gasteiger partial charge in [-0.1, -0.05) is 26.7 Å². The molecule has 0 amide bonds. The van der Waals surface area contributed by atoms with Crippen molar-refractivity contribution in [1.82, 2.24) is 10.2 Å². The molecule has 0 radical (unpaired) electrons. The van der Waals surface area contributed by atoms with Crippen LogP contribution in [0.1, 0.15) is 72.1 Å². The summed E-state index contributed by atoms with van der Waals surface area (Å²) in [6, 6.07) is 0.433. The zero-order valence-electron chi connectivity index (χ0n) is 14.2. The third-order valence-corrected chi connectivity index (χ3v) is 4.38. The van der Waals surface area contributed by atoms with Gasteiger partial charge < -0.3 is 10.0 Å². The molecule has 1 rings (SSSR count). The third-order valence-electron chi connectivity index (χ3n) is 4.38. The van der Waals surface area contributed by atoms with Gasteiger partial charge in [-0.15, -0.1) is 0 Å². The van der Waals surface area contributed by atoms with Gasteiger partial charge in [-0.05, 0) is 65.1 Å². The van der Waals surface area contributed by atoms with Crippen LogP contribution in [0.4, 0.5) is 0 Å². The number of carboxylic acid groups (broad SMARTS) is 1. The molecule has 0 saturated heterocycles. The maximum absolute atomic E-state index is 11.5. The van der Waals surface area contributed by atoms with Gasteiger partial charge in [-0.3, -0.25) is 10.1 Å². The third kappa shape index (κ3) is 7.28. The summed E-state index contributed by atoms with van der Waals surface area (Å²) < 4.78 is 0. The molecular formula is C17H34N2O2. The van der Waals surface area contributed by atoms with E-state index in [9.17, 15) is 9.90 Å². The second-order valence-electron chi connectivity index (χ2n) is 6.71. The van der Waals surface area contributed by atoms with Crippen molar-refractivity contribution in [2.45, 2.75) is 83.7 Å². The van der Waals surface area contributed by atoms with E-state index in [4.69, 9.17) is 0 Å². The predicted molar refractivity (Wildman–Crippen MR) is 87.7 cm³/mol. The fourth-order valence-corrected chi connectivity index (χ4v) is 2.67. The summed E-state index contributed by atoms with van der Waals surface area (Å²) >= 11 is 0. The smallest absolute Gasteiger partial charge is 0.323 e. The van der Waals surface area contributed by atoms with Crippen LogP contribution in [0.3, 0.4) is 0 Å². The van der Waals surface area contributed by atoms with E-state index in [2.05, 4.69) is 24.1 Å². The molecule has 1 aliphatic rings. The number of aliphatic carboxylic acids is 1. The van der Waals surface area contributed by atoms with Crippen LogP contribution in [-0.4, -0.2) is 47.2 Å². The second kappa shape index (κ2) is 9.42. The Labute approximate surface area is 130 Å². The number of hydrogen-bond acceptors (Lipinski definition) is 3. The number of rotatable bonds is 13. The first-order chi connectivity index (χ1) is 10.0. The van der Waals surface area contributed by atoms with Crippen molar-refractivity contribution in [3.63, 3.8) is 0 Å². The van der Waals surface area contributed by atoms with Gasteiger partial charge in [-0.2, -0.15) is 0 Å². The van der Waals surface area contributed by atoms with Crippen molar-refractivity contribution >= 4 is 5.97 Å². The van der Waals surface area contributed by atoms with Gasteiger partial charge in [0.15, 0.2) is 0 Å². The Morgan fingerprint density at radius 1 is 1.14 bits per heavy atom. The number of carboxylic acids is 1. The number of carbonyl (C=O) groups is 1. The summed E-state index contributed by atoms with van der Waals surface area (Å²) in [5.41, 5.74) is -0.748. The van der Waals surface area contributed by atoms with Gasteiger partial charge in [0.2, 0.25) is 0 Å². The van der Waals surface area contributed by atoms with E-state index >= 15 is 0 Å². The Kier molecular flexibility index (Phi) is 8.27. The lowest BCUT2D eigenvalue weighted by Crippen LogP contribution is -2.50. The molecule has 1 saturated carbocycles. The van der Waals surface area contributed by atoms with Gasteiger partial charge in [-0.25, -0.2) is 0 Å². The minimum absolute atomic E-state index is 0.433. The Bertz CT molecular complexity index is 297.